The van der Waals surface area contributed by atoms with Gasteiger partial charge in [0.05, 0.1) is 0 Å². The molecule has 2 atom stereocenters. The highest BCUT2D eigenvalue weighted by molar-refractivity contribution is 5.89. The SMILES string of the molecule is CC(C)C[C@H](NC(=O)[C@H](NC(=O)OCc1ccccc1)C(C)C)C(=O)O. The molecule has 0 aromatic heterocycles. The molecule has 2 amide bonds. The first kappa shape index (κ1) is 21.5. The lowest BCUT2D eigenvalue weighted by Crippen LogP contribution is -2.54. The normalized spacial score (nSPS) is 13.2. The van der Waals surface area contributed by atoms with E-state index < -0.39 is 30.1 Å². The van der Waals surface area contributed by atoms with E-state index in [2.05, 4.69) is 10.6 Å². The van der Waals surface area contributed by atoms with Crippen LogP contribution in [0.15, 0.2) is 30.3 Å². The van der Waals surface area contributed by atoms with Crippen LogP contribution in [-0.2, 0) is 20.9 Å². The molecule has 1 rings (SSSR count). The van der Waals surface area contributed by atoms with Crippen LogP contribution in [0.1, 0.15) is 39.7 Å². The summed E-state index contributed by atoms with van der Waals surface area (Å²) in [7, 11) is 0. The first-order valence-corrected chi connectivity index (χ1v) is 8.71. The molecule has 0 spiro atoms. The molecule has 144 valence electrons. The molecule has 0 bridgehead atoms. The van der Waals surface area contributed by atoms with E-state index in [-0.39, 0.29) is 18.4 Å². The summed E-state index contributed by atoms with van der Waals surface area (Å²) in [5, 5.41) is 14.3. The minimum Gasteiger partial charge on any atom is -0.480 e. The third-order valence-corrected chi connectivity index (χ3v) is 3.76. The molecule has 7 heteroatoms. The number of nitrogens with one attached hydrogen (secondary N) is 2. The summed E-state index contributed by atoms with van der Waals surface area (Å²) in [5.74, 6) is -1.75. The van der Waals surface area contributed by atoms with Gasteiger partial charge >= 0.3 is 12.1 Å². The Bertz CT molecular complexity index is 601. The maximum absolute atomic E-state index is 12.4. The minimum atomic E-state index is -1.10. The quantitative estimate of drug-likeness (QED) is 0.625. The highest BCUT2D eigenvalue weighted by atomic mass is 16.5. The number of carboxylic acids is 1. The largest absolute Gasteiger partial charge is 0.480 e. The fourth-order valence-corrected chi connectivity index (χ4v) is 2.38. The molecular weight excluding hydrogens is 336 g/mol. The molecular formula is C19H28N2O5. The Hall–Kier alpha value is -2.57. The molecule has 0 fully saturated rings. The third-order valence-electron chi connectivity index (χ3n) is 3.76. The summed E-state index contributed by atoms with van der Waals surface area (Å²) in [6.45, 7) is 7.37. The molecule has 1 aromatic rings. The summed E-state index contributed by atoms with van der Waals surface area (Å²) in [4.78, 5) is 35.8. The van der Waals surface area contributed by atoms with E-state index in [0.717, 1.165) is 5.56 Å². The van der Waals surface area contributed by atoms with Crippen molar-refractivity contribution in [3.05, 3.63) is 35.9 Å². The Kier molecular flexibility index (Phi) is 8.61. The number of ether oxygens (including phenoxy) is 1. The van der Waals surface area contributed by atoms with Crippen LogP contribution in [0.5, 0.6) is 0 Å². The molecule has 0 aliphatic carbocycles. The number of carbonyl (C=O) groups is 3. The Morgan fingerprint density at radius 1 is 1.04 bits per heavy atom. The predicted molar refractivity (Wildman–Crippen MR) is 97.4 cm³/mol. The first-order valence-electron chi connectivity index (χ1n) is 8.71. The van der Waals surface area contributed by atoms with Crippen molar-refractivity contribution in [2.24, 2.45) is 11.8 Å². The van der Waals surface area contributed by atoms with E-state index in [0.29, 0.717) is 6.42 Å². The van der Waals surface area contributed by atoms with Gasteiger partial charge in [-0.2, -0.15) is 0 Å². The number of hydrogen-bond donors (Lipinski definition) is 3. The van der Waals surface area contributed by atoms with E-state index in [4.69, 9.17) is 4.74 Å². The van der Waals surface area contributed by atoms with Gasteiger partial charge in [0.15, 0.2) is 0 Å². The molecule has 0 radical (unpaired) electrons. The molecule has 7 nitrogen and oxygen atoms in total. The van der Waals surface area contributed by atoms with Gasteiger partial charge in [-0.05, 0) is 23.8 Å². The molecule has 0 aliphatic rings. The van der Waals surface area contributed by atoms with Crippen LogP contribution in [0, 0.1) is 11.8 Å². The Balaban J connectivity index is 2.64. The van der Waals surface area contributed by atoms with Crippen molar-refractivity contribution in [1.82, 2.24) is 10.6 Å². The Morgan fingerprint density at radius 2 is 1.65 bits per heavy atom. The van der Waals surface area contributed by atoms with Crippen molar-refractivity contribution < 1.29 is 24.2 Å². The second kappa shape index (κ2) is 10.4. The smallest absolute Gasteiger partial charge is 0.408 e. The van der Waals surface area contributed by atoms with Crippen LogP contribution >= 0.6 is 0 Å². The average molecular weight is 364 g/mol. The summed E-state index contributed by atoms with van der Waals surface area (Å²) in [5.41, 5.74) is 0.830. The number of aliphatic carboxylic acids is 1. The second-order valence-electron chi connectivity index (χ2n) is 6.96. The number of amides is 2. The van der Waals surface area contributed by atoms with Gasteiger partial charge in [0.25, 0.3) is 0 Å². The van der Waals surface area contributed by atoms with Gasteiger partial charge in [-0.15, -0.1) is 0 Å². The van der Waals surface area contributed by atoms with Gasteiger partial charge < -0.3 is 20.5 Å². The van der Waals surface area contributed by atoms with Gasteiger partial charge in [0.1, 0.15) is 18.7 Å². The number of hydrogen-bond acceptors (Lipinski definition) is 4. The van der Waals surface area contributed by atoms with Crippen LogP contribution < -0.4 is 10.6 Å². The fourth-order valence-electron chi connectivity index (χ4n) is 2.38. The first-order chi connectivity index (χ1) is 12.2. The molecule has 0 heterocycles. The summed E-state index contributed by atoms with van der Waals surface area (Å²) in [6, 6.07) is 7.30. The summed E-state index contributed by atoms with van der Waals surface area (Å²) in [6.07, 6.45) is -0.414. The fraction of sp³-hybridized carbons (Fsp3) is 0.526. The number of rotatable bonds is 9. The van der Waals surface area contributed by atoms with Crippen molar-refractivity contribution in [2.75, 3.05) is 0 Å². The van der Waals surface area contributed by atoms with E-state index in [1.165, 1.54) is 0 Å². The molecule has 0 saturated carbocycles. The molecule has 0 saturated heterocycles. The van der Waals surface area contributed by atoms with Crippen molar-refractivity contribution in [1.29, 1.82) is 0 Å². The van der Waals surface area contributed by atoms with Crippen LogP contribution in [0.4, 0.5) is 4.79 Å². The third kappa shape index (κ3) is 7.55. The van der Waals surface area contributed by atoms with E-state index in [1.54, 1.807) is 13.8 Å². The van der Waals surface area contributed by atoms with Crippen LogP contribution in [0.25, 0.3) is 0 Å². The summed E-state index contributed by atoms with van der Waals surface area (Å²) < 4.78 is 5.13. The molecule has 26 heavy (non-hydrogen) atoms. The van der Waals surface area contributed by atoms with Gasteiger partial charge in [-0.25, -0.2) is 9.59 Å². The zero-order chi connectivity index (χ0) is 19.7. The highest BCUT2D eigenvalue weighted by Gasteiger charge is 2.29. The van der Waals surface area contributed by atoms with Crippen LogP contribution in [-0.4, -0.2) is 35.2 Å². The van der Waals surface area contributed by atoms with Gasteiger partial charge in [0.2, 0.25) is 5.91 Å². The van der Waals surface area contributed by atoms with Gasteiger partial charge in [-0.3, -0.25) is 4.79 Å². The lowest BCUT2D eigenvalue weighted by atomic mass is 10.0. The zero-order valence-electron chi connectivity index (χ0n) is 15.7. The van der Waals surface area contributed by atoms with Gasteiger partial charge in [0, 0.05) is 0 Å². The Morgan fingerprint density at radius 3 is 2.15 bits per heavy atom. The lowest BCUT2D eigenvalue weighted by molar-refractivity contribution is -0.142. The average Bonchev–Trinajstić information content (AvgIpc) is 2.57. The van der Waals surface area contributed by atoms with Crippen LogP contribution in [0.2, 0.25) is 0 Å². The second-order valence-corrected chi connectivity index (χ2v) is 6.96. The molecule has 0 aliphatic heterocycles. The van der Waals surface area contributed by atoms with E-state index >= 15 is 0 Å². The maximum atomic E-state index is 12.4. The standard InChI is InChI=1S/C19H28N2O5/c1-12(2)10-15(18(23)24)20-17(22)16(13(3)4)21-19(25)26-11-14-8-6-5-7-9-14/h5-9,12-13,15-16H,10-11H2,1-4H3,(H,20,22)(H,21,25)(H,23,24)/t15-,16+/m0/s1. The van der Waals surface area contributed by atoms with E-state index in [1.807, 2.05) is 44.2 Å². The molecule has 1 aromatic carbocycles. The van der Waals surface area contributed by atoms with Crippen molar-refractivity contribution >= 4 is 18.0 Å². The lowest BCUT2D eigenvalue weighted by Gasteiger charge is -2.24. The number of alkyl carbamates (subject to hydrolysis) is 1. The number of carbonyl (C=O) groups excluding carboxylic acids is 2. The topological polar surface area (TPSA) is 105 Å². The molecule has 0 unspecified atom stereocenters. The number of benzene rings is 1. The zero-order valence-corrected chi connectivity index (χ0v) is 15.7. The Labute approximate surface area is 154 Å². The van der Waals surface area contributed by atoms with Crippen LogP contribution in [0.3, 0.4) is 0 Å². The van der Waals surface area contributed by atoms with Crippen molar-refractivity contribution in [2.45, 2.75) is 52.8 Å². The van der Waals surface area contributed by atoms with Crippen molar-refractivity contribution in [3.8, 4) is 0 Å². The minimum absolute atomic E-state index is 0.0875. The molecule has 3 N–H and O–H groups in total. The van der Waals surface area contributed by atoms with Gasteiger partial charge in [-0.1, -0.05) is 58.0 Å². The maximum Gasteiger partial charge on any atom is 0.408 e. The predicted octanol–water partition coefficient (Wildman–Crippen LogP) is 2.55. The highest BCUT2D eigenvalue weighted by Crippen LogP contribution is 2.08. The van der Waals surface area contributed by atoms with Crippen molar-refractivity contribution in [3.63, 3.8) is 0 Å². The van der Waals surface area contributed by atoms with E-state index in [9.17, 15) is 19.5 Å². The summed E-state index contributed by atoms with van der Waals surface area (Å²) >= 11 is 0. The monoisotopic (exact) mass is 364 g/mol. The number of carboxylic acid groups (broad SMARTS) is 1.